The first-order valence-electron chi connectivity index (χ1n) is 7.82. The van der Waals surface area contributed by atoms with Crippen molar-refractivity contribution in [2.75, 3.05) is 19.8 Å². The fourth-order valence-electron chi connectivity index (χ4n) is 3.53. The second kappa shape index (κ2) is 6.62. The van der Waals surface area contributed by atoms with Gasteiger partial charge >= 0.3 is 0 Å². The summed E-state index contributed by atoms with van der Waals surface area (Å²) in [6, 6.07) is 1.93. The Kier molecular flexibility index (Phi) is 4.60. The van der Waals surface area contributed by atoms with Crippen LogP contribution in [-0.2, 0) is 16.0 Å². The van der Waals surface area contributed by atoms with Gasteiger partial charge in [-0.05, 0) is 30.9 Å². The Morgan fingerprint density at radius 3 is 3.05 bits per heavy atom. The highest BCUT2D eigenvalue weighted by Crippen LogP contribution is 2.32. The Morgan fingerprint density at radius 1 is 1.43 bits per heavy atom. The van der Waals surface area contributed by atoms with Crippen LogP contribution in [0.15, 0.2) is 23.0 Å². The molecule has 2 fully saturated rings. The summed E-state index contributed by atoms with van der Waals surface area (Å²) in [5.74, 6) is 0.326. The molecule has 5 nitrogen and oxygen atoms in total. The van der Waals surface area contributed by atoms with Crippen LogP contribution >= 0.6 is 0 Å². The van der Waals surface area contributed by atoms with Gasteiger partial charge in [-0.1, -0.05) is 6.42 Å². The van der Waals surface area contributed by atoms with Gasteiger partial charge in [0, 0.05) is 18.9 Å². The van der Waals surface area contributed by atoms with Crippen LogP contribution in [-0.4, -0.2) is 47.8 Å². The number of rotatable bonds is 4. The van der Waals surface area contributed by atoms with E-state index in [0.29, 0.717) is 32.6 Å². The molecule has 0 radical (unpaired) electrons. The minimum Gasteiger partial charge on any atom is -0.472 e. The average Bonchev–Trinajstić information content (AvgIpc) is 3.16. The van der Waals surface area contributed by atoms with Gasteiger partial charge in [0.2, 0.25) is 5.91 Å². The van der Waals surface area contributed by atoms with E-state index in [2.05, 4.69) is 0 Å². The summed E-state index contributed by atoms with van der Waals surface area (Å²) in [6.07, 6.45) is 7.08. The van der Waals surface area contributed by atoms with Crippen molar-refractivity contribution in [2.45, 2.75) is 44.2 Å². The molecule has 116 valence electrons. The van der Waals surface area contributed by atoms with Crippen LogP contribution in [0, 0.1) is 5.92 Å². The normalized spacial score (nSPS) is 29.8. The van der Waals surface area contributed by atoms with E-state index in [1.54, 1.807) is 12.5 Å². The molecule has 1 saturated heterocycles. The zero-order chi connectivity index (χ0) is 14.7. The van der Waals surface area contributed by atoms with Gasteiger partial charge in [0.1, 0.15) is 0 Å². The van der Waals surface area contributed by atoms with Gasteiger partial charge in [-0.25, -0.2) is 0 Å². The molecule has 1 N–H and O–H groups in total. The molecule has 2 heterocycles. The molecule has 0 spiro atoms. The summed E-state index contributed by atoms with van der Waals surface area (Å²) < 4.78 is 10.6. The highest BCUT2D eigenvalue weighted by molar-refractivity contribution is 5.77. The van der Waals surface area contributed by atoms with Gasteiger partial charge in [-0.2, -0.15) is 0 Å². The van der Waals surface area contributed by atoms with E-state index in [1.807, 2.05) is 11.0 Å². The number of hydrogen-bond donors (Lipinski definition) is 1. The molecule has 1 aliphatic heterocycles. The topological polar surface area (TPSA) is 62.9 Å². The SMILES string of the molecule is O=C(CCc1ccoc1)N1CCOCC1C1CCCC1O. The third-order valence-corrected chi connectivity index (χ3v) is 4.72. The number of carbonyl (C=O) groups is 1. The van der Waals surface area contributed by atoms with Crippen LogP contribution in [0.5, 0.6) is 0 Å². The van der Waals surface area contributed by atoms with Gasteiger partial charge in [0.05, 0.1) is 37.9 Å². The van der Waals surface area contributed by atoms with Crippen LogP contribution in [0.1, 0.15) is 31.2 Å². The number of hydrogen-bond acceptors (Lipinski definition) is 4. The number of ether oxygens (including phenoxy) is 1. The van der Waals surface area contributed by atoms with Gasteiger partial charge in [0.25, 0.3) is 0 Å². The van der Waals surface area contributed by atoms with Crippen LogP contribution in [0.4, 0.5) is 0 Å². The van der Waals surface area contributed by atoms with Crippen molar-refractivity contribution in [2.24, 2.45) is 5.92 Å². The second-order valence-electron chi connectivity index (χ2n) is 6.02. The predicted molar refractivity (Wildman–Crippen MR) is 76.7 cm³/mol. The minimum atomic E-state index is -0.291. The number of aliphatic hydroxyl groups is 1. The summed E-state index contributed by atoms with van der Waals surface area (Å²) in [4.78, 5) is 14.5. The van der Waals surface area contributed by atoms with Crippen LogP contribution < -0.4 is 0 Å². The zero-order valence-electron chi connectivity index (χ0n) is 12.2. The van der Waals surface area contributed by atoms with Crippen molar-refractivity contribution in [1.82, 2.24) is 4.90 Å². The number of furan rings is 1. The third-order valence-electron chi connectivity index (χ3n) is 4.72. The monoisotopic (exact) mass is 293 g/mol. The molecule has 0 aromatic carbocycles. The molecular formula is C16H23NO4. The lowest BCUT2D eigenvalue weighted by molar-refractivity contribution is -0.143. The van der Waals surface area contributed by atoms with Crippen LogP contribution in [0.25, 0.3) is 0 Å². The summed E-state index contributed by atoms with van der Waals surface area (Å²) in [6.45, 7) is 1.79. The largest absolute Gasteiger partial charge is 0.472 e. The van der Waals surface area contributed by atoms with E-state index < -0.39 is 0 Å². The maximum absolute atomic E-state index is 12.5. The second-order valence-corrected chi connectivity index (χ2v) is 6.02. The Morgan fingerprint density at radius 2 is 2.33 bits per heavy atom. The van der Waals surface area contributed by atoms with E-state index >= 15 is 0 Å². The molecule has 3 rings (SSSR count). The summed E-state index contributed by atoms with van der Waals surface area (Å²) in [5.41, 5.74) is 1.05. The summed E-state index contributed by atoms with van der Waals surface area (Å²) in [5, 5.41) is 10.1. The molecule has 1 saturated carbocycles. The van der Waals surface area contributed by atoms with Crippen molar-refractivity contribution in [3.8, 4) is 0 Å². The van der Waals surface area contributed by atoms with Gasteiger partial charge in [0.15, 0.2) is 0 Å². The third kappa shape index (κ3) is 3.30. The number of amides is 1. The maximum atomic E-state index is 12.5. The average molecular weight is 293 g/mol. The summed E-state index contributed by atoms with van der Waals surface area (Å²) in [7, 11) is 0. The van der Waals surface area contributed by atoms with Crippen LogP contribution in [0.3, 0.4) is 0 Å². The molecule has 1 amide bonds. The number of aliphatic hydroxyl groups excluding tert-OH is 1. The van der Waals surface area contributed by atoms with Gasteiger partial charge < -0.3 is 19.2 Å². The molecule has 1 aliphatic carbocycles. The molecule has 1 aromatic rings. The van der Waals surface area contributed by atoms with E-state index in [1.165, 1.54) is 0 Å². The molecular weight excluding hydrogens is 270 g/mol. The van der Waals surface area contributed by atoms with E-state index in [0.717, 1.165) is 24.8 Å². The fraction of sp³-hybridized carbons (Fsp3) is 0.688. The van der Waals surface area contributed by atoms with E-state index in [9.17, 15) is 9.90 Å². The number of morpholine rings is 1. The molecule has 1 aromatic heterocycles. The quantitative estimate of drug-likeness (QED) is 0.916. The predicted octanol–water partition coefficient (Wildman–Crippen LogP) is 1.60. The van der Waals surface area contributed by atoms with Crippen molar-refractivity contribution in [3.63, 3.8) is 0 Å². The molecule has 0 bridgehead atoms. The van der Waals surface area contributed by atoms with Gasteiger partial charge in [-0.3, -0.25) is 4.79 Å². The highest BCUT2D eigenvalue weighted by Gasteiger charge is 2.39. The maximum Gasteiger partial charge on any atom is 0.223 e. The molecule has 3 atom stereocenters. The lowest BCUT2D eigenvalue weighted by Gasteiger charge is -2.40. The first kappa shape index (κ1) is 14.6. The minimum absolute atomic E-state index is 0.0353. The van der Waals surface area contributed by atoms with Crippen molar-refractivity contribution in [1.29, 1.82) is 0 Å². The van der Waals surface area contributed by atoms with Crippen LogP contribution in [0.2, 0.25) is 0 Å². The Hall–Kier alpha value is -1.33. The first-order chi connectivity index (χ1) is 10.3. The standard InChI is InChI=1S/C16H23NO4/c18-15-3-1-2-13(15)14-11-21-9-7-17(14)16(19)5-4-12-6-8-20-10-12/h6,8,10,13-15,18H,1-5,7,9,11H2. The lowest BCUT2D eigenvalue weighted by atomic mass is 9.94. The molecule has 2 aliphatic rings. The highest BCUT2D eigenvalue weighted by atomic mass is 16.5. The molecule has 5 heteroatoms. The van der Waals surface area contributed by atoms with Crippen molar-refractivity contribution >= 4 is 5.91 Å². The first-order valence-corrected chi connectivity index (χ1v) is 7.82. The Bertz CT molecular complexity index is 459. The Labute approximate surface area is 124 Å². The Balaban J connectivity index is 1.61. The van der Waals surface area contributed by atoms with Crippen molar-refractivity contribution in [3.05, 3.63) is 24.2 Å². The van der Waals surface area contributed by atoms with E-state index in [-0.39, 0.29) is 24.0 Å². The molecule has 21 heavy (non-hydrogen) atoms. The van der Waals surface area contributed by atoms with E-state index in [4.69, 9.17) is 9.15 Å². The molecule has 3 unspecified atom stereocenters. The fourth-order valence-corrected chi connectivity index (χ4v) is 3.53. The number of carbonyl (C=O) groups excluding carboxylic acids is 1. The van der Waals surface area contributed by atoms with Crippen molar-refractivity contribution < 1.29 is 19.1 Å². The summed E-state index contributed by atoms with van der Waals surface area (Å²) >= 11 is 0. The lowest BCUT2D eigenvalue weighted by Crippen LogP contribution is -2.53. The van der Waals surface area contributed by atoms with Gasteiger partial charge in [-0.15, -0.1) is 0 Å². The zero-order valence-corrected chi connectivity index (χ0v) is 12.2. The smallest absolute Gasteiger partial charge is 0.223 e. The number of aryl methyl sites for hydroxylation is 1. The number of nitrogens with zero attached hydrogens (tertiary/aromatic N) is 1.